The van der Waals surface area contributed by atoms with Crippen LogP contribution in [0.3, 0.4) is 0 Å². The number of rotatable bonds is 6. The van der Waals surface area contributed by atoms with Crippen molar-refractivity contribution in [3.63, 3.8) is 0 Å². The normalized spacial score (nSPS) is 10.6. The summed E-state index contributed by atoms with van der Waals surface area (Å²) in [5.41, 5.74) is 1.55. The molecule has 8 nitrogen and oxygen atoms in total. The van der Waals surface area contributed by atoms with E-state index in [9.17, 15) is 4.79 Å². The monoisotopic (exact) mass is 265 g/mol. The lowest BCUT2D eigenvalue weighted by molar-refractivity contribution is 0.0939. The van der Waals surface area contributed by atoms with Crippen LogP contribution in [0.2, 0.25) is 0 Å². The maximum absolute atomic E-state index is 11.8. The number of imidazole rings is 1. The van der Waals surface area contributed by atoms with E-state index < -0.39 is 0 Å². The van der Waals surface area contributed by atoms with E-state index >= 15 is 0 Å². The Morgan fingerprint density at radius 3 is 3.05 bits per heavy atom. The predicted molar refractivity (Wildman–Crippen MR) is 64.3 cm³/mol. The average molecular weight is 265 g/mol. The van der Waals surface area contributed by atoms with Gasteiger partial charge in [0.25, 0.3) is 5.91 Å². The number of nitrogens with one attached hydrogen (secondary N) is 1. The highest BCUT2D eigenvalue weighted by molar-refractivity contribution is 5.92. The minimum Gasteiger partial charge on any atom is -0.383 e. The molecule has 19 heavy (non-hydrogen) atoms. The summed E-state index contributed by atoms with van der Waals surface area (Å²) in [5, 5.41) is 9.85. The second-order valence-corrected chi connectivity index (χ2v) is 3.95. The standard InChI is InChI=1S/C11H15N5O3/c1-8-10(15-19-14-8)11(17)13-6-9-5-12-7-16(9)3-4-18-2/h5,7H,3-4,6H2,1-2H3,(H,13,17). The van der Waals surface area contributed by atoms with E-state index in [-0.39, 0.29) is 11.6 Å². The number of aryl methyl sites for hydroxylation is 1. The van der Waals surface area contributed by atoms with Gasteiger partial charge in [-0.1, -0.05) is 5.16 Å². The summed E-state index contributed by atoms with van der Waals surface area (Å²) < 4.78 is 11.4. The highest BCUT2D eigenvalue weighted by atomic mass is 16.6. The Hall–Kier alpha value is -2.22. The Morgan fingerprint density at radius 1 is 1.53 bits per heavy atom. The third-order valence-corrected chi connectivity index (χ3v) is 2.63. The van der Waals surface area contributed by atoms with Gasteiger partial charge in [-0.25, -0.2) is 9.61 Å². The summed E-state index contributed by atoms with van der Waals surface area (Å²) in [7, 11) is 1.64. The van der Waals surface area contributed by atoms with Crippen molar-refractivity contribution in [1.29, 1.82) is 0 Å². The van der Waals surface area contributed by atoms with Gasteiger partial charge < -0.3 is 14.6 Å². The van der Waals surface area contributed by atoms with Crippen LogP contribution >= 0.6 is 0 Å². The zero-order valence-corrected chi connectivity index (χ0v) is 10.8. The lowest BCUT2D eigenvalue weighted by Crippen LogP contribution is -2.25. The van der Waals surface area contributed by atoms with Crippen LogP contribution in [0.1, 0.15) is 21.9 Å². The summed E-state index contributed by atoms with van der Waals surface area (Å²) in [6.45, 7) is 3.29. The van der Waals surface area contributed by atoms with Crippen molar-refractivity contribution in [2.24, 2.45) is 0 Å². The van der Waals surface area contributed by atoms with E-state index in [1.54, 1.807) is 26.6 Å². The van der Waals surface area contributed by atoms with Gasteiger partial charge in [0.15, 0.2) is 5.69 Å². The molecule has 1 N–H and O–H groups in total. The molecule has 0 aliphatic heterocycles. The third kappa shape index (κ3) is 3.16. The fourth-order valence-corrected chi connectivity index (χ4v) is 1.58. The summed E-state index contributed by atoms with van der Waals surface area (Å²) in [6, 6.07) is 0. The number of carbonyl (C=O) groups excluding carboxylic acids is 1. The molecule has 1 amide bonds. The molecule has 0 saturated carbocycles. The van der Waals surface area contributed by atoms with Gasteiger partial charge in [0.05, 0.1) is 25.2 Å². The molecule has 0 radical (unpaired) electrons. The Kier molecular flexibility index (Phi) is 4.24. The zero-order valence-electron chi connectivity index (χ0n) is 10.8. The predicted octanol–water partition coefficient (Wildman–Crippen LogP) is 0.151. The van der Waals surface area contributed by atoms with Gasteiger partial charge in [0, 0.05) is 19.9 Å². The smallest absolute Gasteiger partial charge is 0.275 e. The molecule has 102 valence electrons. The maximum Gasteiger partial charge on any atom is 0.275 e. The number of nitrogens with zero attached hydrogens (tertiary/aromatic N) is 4. The Morgan fingerprint density at radius 2 is 2.37 bits per heavy atom. The number of hydrogen-bond acceptors (Lipinski definition) is 6. The largest absolute Gasteiger partial charge is 0.383 e. The lowest BCUT2D eigenvalue weighted by Gasteiger charge is -2.08. The molecule has 8 heteroatoms. The average Bonchev–Trinajstić information content (AvgIpc) is 3.02. The first-order chi connectivity index (χ1) is 9.22. The number of amides is 1. The minimum atomic E-state index is -0.321. The number of methoxy groups -OCH3 is 1. The van der Waals surface area contributed by atoms with Crippen molar-refractivity contribution in [3.05, 3.63) is 29.6 Å². The fraction of sp³-hybridized carbons (Fsp3) is 0.455. The van der Waals surface area contributed by atoms with Gasteiger partial charge in [0.1, 0.15) is 5.69 Å². The van der Waals surface area contributed by atoms with Gasteiger partial charge in [-0.05, 0) is 12.1 Å². The van der Waals surface area contributed by atoms with Gasteiger partial charge in [0.2, 0.25) is 0 Å². The van der Waals surface area contributed by atoms with Crippen molar-refractivity contribution >= 4 is 5.91 Å². The van der Waals surface area contributed by atoms with E-state index in [4.69, 9.17) is 4.74 Å². The van der Waals surface area contributed by atoms with E-state index in [2.05, 4.69) is 25.2 Å². The first kappa shape index (κ1) is 13.2. The quantitative estimate of drug-likeness (QED) is 0.799. The Bertz CT molecular complexity index is 548. The molecule has 0 saturated heterocycles. The van der Waals surface area contributed by atoms with E-state index in [1.807, 2.05) is 4.57 Å². The Balaban J connectivity index is 1.94. The van der Waals surface area contributed by atoms with Crippen LogP contribution in [0.15, 0.2) is 17.2 Å². The summed E-state index contributed by atoms with van der Waals surface area (Å²) in [4.78, 5) is 15.9. The molecule has 0 unspecified atom stereocenters. The van der Waals surface area contributed by atoms with E-state index in [0.717, 1.165) is 5.69 Å². The summed E-state index contributed by atoms with van der Waals surface area (Å²) >= 11 is 0. The van der Waals surface area contributed by atoms with Crippen LogP contribution < -0.4 is 5.32 Å². The molecule has 0 aromatic carbocycles. The van der Waals surface area contributed by atoms with Crippen molar-refractivity contribution < 1.29 is 14.2 Å². The number of hydrogen-bond donors (Lipinski definition) is 1. The SMILES string of the molecule is COCCn1cncc1CNC(=O)c1nonc1C. The molecular weight excluding hydrogens is 250 g/mol. The molecule has 0 bridgehead atoms. The van der Waals surface area contributed by atoms with Crippen molar-refractivity contribution in [2.45, 2.75) is 20.0 Å². The molecule has 2 aromatic heterocycles. The van der Waals surface area contributed by atoms with Crippen molar-refractivity contribution in [1.82, 2.24) is 25.2 Å². The van der Waals surface area contributed by atoms with Crippen LogP contribution in [-0.2, 0) is 17.8 Å². The van der Waals surface area contributed by atoms with Crippen LogP contribution in [0.5, 0.6) is 0 Å². The van der Waals surface area contributed by atoms with Gasteiger partial charge in [-0.3, -0.25) is 4.79 Å². The zero-order chi connectivity index (χ0) is 13.7. The van der Waals surface area contributed by atoms with Crippen molar-refractivity contribution in [2.75, 3.05) is 13.7 Å². The summed E-state index contributed by atoms with van der Waals surface area (Å²) in [6.07, 6.45) is 3.40. The van der Waals surface area contributed by atoms with Gasteiger partial charge in [-0.2, -0.15) is 0 Å². The second kappa shape index (κ2) is 6.10. The molecule has 2 rings (SSSR count). The molecule has 0 fully saturated rings. The topological polar surface area (TPSA) is 95.1 Å². The van der Waals surface area contributed by atoms with Crippen LogP contribution in [0, 0.1) is 6.92 Å². The lowest BCUT2D eigenvalue weighted by atomic mass is 10.3. The number of carbonyl (C=O) groups is 1. The second-order valence-electron chi connectivity index (χ2n) is 3.95. The molecule has 2 aromatic rings. The van der Waals surface area contributed by atoms with E-state index in [1.165, 1.54) is 0 Å². The summed E-state index contributed by atoms with van der Waals surface area (Å²) in [5.74, 6) is -0.321. The highest BCUT2D eigenvalue weighted by Crippen LogP contribution is 2.02. The highest BCUT2D eigenvalue weighted by Gasteiger charge is 2.15. The fourth-order valence-electron chi connectivity index (χ4n) is 1.58. The van der Waals surface area contributed by atoms with Crippen molar-refractivity contribution in [3.8, 4) is 0 Å². The third-order valence-electron chi connectivity index (χ3n) is 2.63. The molecular formula is C11H15N5O3. The van der Waals surface area contributed by atoms with E-state index in [0.29, 0.717) is 25.4 Å². The minimum absolute atomic E-state index is 0.197. The molecule has 2 heterocycles. The number of ether oxygens (including phenoxy) is 1. The van der Waals surface area contributed by atoms with Gasteiger partial charge in [-0.15, -0.1) is 0 Å². The van der Waals surface area contributed by atoms with Crippen LogP contribution in [0.4, 0.5) is 0 Å². The first-order valence-electron chi connectivity index (χ1n) is 5.77. The van der Waals surface area contributed by atoms with Crippen LogP contribution in [0.25, 0.3) is 0 Å². The molecule has 0 spiro atoms. The molecule has 0 aliphatic rings. The Labute approximate surface area is 109 Å². The maximum atomic E-state index is 11.8. The van der Waals surface area contributed by atoms with Crippen LogP contribution in [-0.4, -0.2) is 39.5 Å². The van der Waals surface area contributed by atoms with Gasteiger partial charge >= 0.3 is 0 Å². The first-order valence-corrected chi connectivity index (χ1v) is 5.77. The molecule has 0 aliphatic carbocycles. The molecule has 0 atom stereocenters. The number of aromatic nitrogens is 4.